The van der Waals surface area contributed by atoms with Gasteiger partial charge in [-0.2, -0.15) is 5.10 Å². The lowest BCUT2D eigenvalue weighted by Crippen LogP contribution is -2.31. The Balaban J connectivity index is 1.78. The van der Waals surface area contributed by atoms with Crippen LogP contribution >= 0.6 is 11.3 Å². The average molecular weight is 377 g/mol. The van der Waals surface area contributed by atoms with Crippen molar-refractivity contribution in [1.29, 1.82) is 0 Å². The molecule has 1 aromatic carbocycles. The third kappa shape index (κ3) is 3.46. The van der Waals surface area contributed by atoms with Gasteiger partial charge in [0.1, 0.15) is 0 Å². The predicted octanol–water partition coefficient (Wildman–Crippen LogP) is 3.89. The number of pyridine rings is 1. The first-order valence-corrected chi connectivity index (χ1v) is 9.42. The molecule has 0 unspecified atom stereocenters. The van der Waals surface area contributed by atoms with E-state index in [9.17, 15) is 4.79 Å². The quantitative estimate of drug-likeness (QED) is 0.541. The summed E-state index contributed by atoms with van der Waals surface area (Å²) < 4.78 is 2.69. The summed E-state index contributed by atoms with van der Waals surface area (Å²) in [5.74, 6) is -0.186. The number of aromatic nitrogens is 4. The van der Waals surface area contributed by atoms with Gasteiger partial charge in [-0.05, 0) is 55.3 Å². The van der Waals surface area contributed by atoms with Gasteiger partial charge in [-0.1, -0.05) is 17.4 Å². The molecule has 0 saturated carbocycles. The molecule has 1 amide bonds. The van der Waals surface area contributed by atoms with Crippen LogP contribution in [0.2, 0.25) is 0 Å². The monoisotopic (exact) mass is 377 g/mol. The highest BCUT2D eigenvalue weighted by Gasteiger charge is 2.24. The average Bonchev–Trinajstić information content (AvgIpc) is 3.26. The maximum absolute atomic E-state index is 13.2. The van der Waals surface area contributed by atoms with Gasteiger partial charge in [0.2, 0.25) is 0 Å². The van der Waals surface area contributed by atoms with Crippen molar-refractivity contribution < 1.29 is 4.79 Å². The van der Waals surface area contributed by atoms with Crippen LogP contribution in [0.1, 0.15) is 27.3 Å². The van der Waals surface area contributed by atoms with Crippen LogP contribution < -0.4 is 4.90 Å². The van der Waals surface area contributed by atoms with Crippen molar-refractivity contribution in [2.24, 2.45) is 7.05 Å². The third-order valence-electron chi connectivity index (χ3n) is 4.45. The minimum Gasteiger partial charge on any atom is -0.276 e. The van der Waals surface area contributed by atoms with Crippen LogP contribution in [0.5, 0.6) is 0 Å². The van der Waals surface area contributed by atoms with E-state index in [1.54, 1.807) is 35.1 Å². The lowest BCUT2D eigenvalue weighted by Gasteiger charge is -2.18. The van der Waals surface area contributed by atoms with E-state index in [2.05, 4.69) is 36.1 Å². The number of thiazole rings is 1. The maximum atomic E-state index is 13.2. The fourth-order valence-corrected chi connectivity index (χ4v) is 3.87. The van der Waals surface area contributed by atoms with E-state index >= 15 is 0 Å². The summed E-state index contributed by atoms with van der Waals surface area (Å²) >= 11 is 1.51. The molecule has 0 bridgehead atoms. The molecule has 7 heteroatoms. The second kappa shape index (κ2) is 6.92. The summed E-state index contributed by atoms with van der Waals surface area (Å²) in [6.45, 7) is 4.49. The molecule has 0 aliphatic heterocycles. The van der Waals surface area contributed by atoms with Gasteiger partial charge in [0.25, 0.3) is 5.91 Å². The minimum absolute atomic E-state index is 0.186. The number of benzene rings is 1. The second-order valence-corrected chi connectivity index (χ2v) is 7.50. The largest absolute Gasteiger partial charge is 0.280 e. The van der Waals surface area contributed by atoms with E-state index in [-0.39, 0.29) is 5.91 Å². The molecule has 0 spiro atoms. The molecular formula is C20H19N5OS. The Labute approximate surface area is 161 Å². The molecule has 4 aromatic rings. The fraction of sp³-hybridized carbons (Fsp3) is 0.200. The number of rotatable bonds is 4. The van der Waals surface area contributed by atoms with Gasteiger partial charge >= 0.3 is 0 Å². The van der Waals surface area contributed by atoms with E-state index in [4.69, 9.17) is 4.98 Å². The summed E-state index contributed by atoms with van der Waals surface area (Å²) in [6, 6.07) is 11.6. The van der Waals surface area contributed by atoms with E-state index in [0.29, 0.717) is 17.4 Å². The highest BCUT2D eigenvalue weighted by molar-refractivity contribution is 7.22. The summed E-state index contributed by atoms with van der Waals surface area (Å²) in [5, 5.41) is 4.91. The van der Waals surface area contributed by atoms with Crippen molar-refractivity contribution in [1.82, 2.24) is 19.7 Å². The van der Waals surface area contributed by atoms with Crippen molar-refractivity contribution >= 4 is 32.6 Å². The number of hydrogen-bond donors (Lipinski definition) is 0. The Hall–Kier alpha value is -3.06. The summed E-state index contributed by atoms with van der Waals surface area (Å²) in [4.78, 5) is 23.9. The van der Waals surface area contributed by atoms with Crippen LogP contribution in [0.3, 0.4) is 0 Å². The van der Waals surface area contributed by atoms with E-state index in [1.807, 2.05) is 18.2 Å². The zero-order valence-electron chi connectivity index (χ0n) is 15.4. The first kappa shape index (κ1) is 17.4. The van der Waals surface area contributed by atoms with Crippen molar-refractivity contribution in [3.63, 3.8) is 0 Å². The Morgan fingerprint density at radius 3 is 2.70 bits per heavy atom. The van der Waals surface area contributed by atoms with Gasteiger partial charge in [0, 0.05) is 19.4 Å². The van der Waals surface area contributed by atoms with Crippen molar-refractivity contribution in [3.05, 3.63) is 71.3 Å². The van der Waals surface area contributed by atoms with E-state index in [0.717, 1.165) is 15.9 Å². The number of hydrogen-bond acceptors (Lipinski definition) is 5. The van der Waals surface area contributed by atoms with Crippen LogP contribution in [-0.2, 0) is 13.6 Å². The Bertz CT molecular complexity index is 1080. The van der Waals surface area contributed by atoms with Crippen LogP contribution in [0, 0.1) is 13.8 Å². The van der Waals surface area contributed by atoms with Gasteiger partial charge in [-0.3, -0.25) is 19.4 Å². The standard InChI is InChI=1S/C20H19N5OS/c1-13-10-17-18(11-14(13)2)27-20(22-17)25(12-15-6-4-5-8-21-15)19(26)16-7-9-24(3)23-16/h4-11H,12H2,1-3H3. The molecule has 0 N–H and O–H groups in total. The summed E-state index contributed by atoms with van der Waals surface area (Å²) in [6.07, 6.45) is 3.49. The van der Waals surface area contributed by atoms with Crippen LogP contribution in [0.15, 0.2) is 48.8 Å². The molecule has 0 saturated heterocycles. The van der Waals surface area contributed by atoms with Gasteiger partial charge in [-0.15, -0.1) is 0 Å². The normalized spacial score (nSPS) is 11.1. The number of aryl methyl sites for hydroxylation is 3. The van der Waals surface area contributed by atoms with Crippen LogP contribution in [0.25, 0.3) is 10.2 Å². The second-order valence-electron chi connectivity index (χ2n) is 6.49. The highest BCUT2D eigenvalue weighted by Crippen LogP contribution is 2.32. The van der Waals surface area contributed by atoms with Crippen LogP contribution in [0.4, 0.5) is 5.13 Å². The molecule has 0 radical (unpaired) electrons. The fourth-order valence-electron chi connectivity index (χ4n) is 2.83. The Morgan fingerprint density at radius 1 is 1.19 bits per heavy atom. The van der Waals surface area contributed by atoms with Crippen LogP contribution in [-0.4, -0.2) is 25.7 Å². The van der Waals surface area contributed by atoms with Crippen molar-refractivity contribution in [3.8, 4) is 0 Å². The minimum atomic E-state index is -0.186. The molecule has 136 valence electrons. The SMILES string of the molecule is Cc1cc2nc(N(Cc3ccccn3)C(=O)c3ccn(C)n3)sc2cc1C. The third-order valence-corrected chi connectivity index (χ3v) is 5.49. The van der Waals surface area contributed by atoms with Crippen molar-refractivity contribution in [2.45, 2.75) is 20.4 Å². The highest BCUT2D eigenvalue weighted by atomic mass is 32.1. The molecule has 0 atom stereocenters. The number of amides is 1. The number of anilines is 1. The topological polar surface area (TPSA) is 63.9 Å². The molecule has 0 aliphatic carbocycles. The summed E-state index contributed by atoms with van der Waals surface area (Å²) in [5.41, 5.74) is 4.49. The van der Waals surface area contributed by atoms with Crippen molar-refractivity contribution in [2.75, 3.05) is 4.90 Å². The number of carbonyl (C=O) groups excluding carboxylic acids is 1. The van der Waals surface area contributed by atoms with Gasteiger partial charge in [0.05, 0.1) is 22.5 Å². The van der Waals surface area contributed by atoms with Gasteiger partial charge < -0.3 is 0 Å². The molecule has 3 aromatic heterocycles. The van der Waals surface area contributed by atoms with E-state index < -0.39 is 0 Å². The number of nitrogens with zero attached hydrogens (tertiary/aromatic N) is 5. The van der Waals surface area contributed by atoms with Gasteiger partial charge in [-0.25, -0.2) is 4.98 Å². The molecule has 0 aliphatic rings. The molecule has 3 heterocycles. The first-order valence-electron chi connectivity index (χ1n) is 8.60. The lowest BCUT2D eigenvalue weighted by molar-refractivity contribution is 0.0979. The summed E-state index contributed by atoms with van der Waals surface area (Å²) in [7, 11) is 1.79. The van der Waals surface area contributed by atoms with Gasteiger partial charge in [0.15, 0.2) is 10.8 Å². The Morgan fingerprint density at radius 2 is 2.00 bits per heavy atom. The lowest BCUT2D eigenvalue weighted by atomic mass is 10.1. The molecular weight excluding hydrogens is 358 g/mol. The zero-order valence-corrected chi connectivity index (χ0v) is 16.2. The Kier molecular flexibility index (Phi) is 4.45. The smallest absolute Gasteiger partial charge is 0.276 e. The number of carbonyl (C=O) groups is 1. The molecule has 27 heavy (non-hydrogen) atoms. The number of fused-ring (bicyclic) bond motifs is 1. The van der Waals surface area contributed by atoms with E-state index in [1.165, 1.54) is 22.5 Å². The molecule has 4 rings (SSSR count). The maximum Gasteiger partial charge on any atom is 0.280 e. The first-order chi connectivity index (χ1) is 13.0. The predicted molar refractivity (Wildman–Crippen MR) is 107 cm³/mol. The molecule has 0 fully saturated rings. The zero-order chi connectivity index (χ0) is 19.0. The molecule has 6 nitrogen and oxygen atoms in total.